The molecular weight excluding hydrogens is 304 g/mol. The van der Waals surface area contributed by atoms with Crippen molar-refractivity contribution in [3.8, 4) is 0 Å². The van der Waals surface area contributed by atoms with Gasteiger partial charge in [-0.05, 0) is 26.0 Å². The highest BCUT2D eigenvalue weighted by Crippen LogP contribution is 2.10. The number of carboxylic acid groups (broad SMARTS) is 1. The number of amides is 2. The molecule has 0 atom stereocenters. The molecule has 0 aliphatic rings. The molecule has 1 aromatic rings. The number of hydrogen-bond donors (Lipinski definition) is 2. The molecule has 22 heavy (non-hydrogen) atoms. The monoisotopic (exact) mass is 324 g/mol. The minimum atomic E-state index is -1.04. The van der Waals surface area contributed by atoms with E-state index in [-0.39, 0.29) is 29.9 Å². The summed E-state index contributed by atoms with van der Waals surface area (Å²) >= 11 is 1.17. The first-order valence-corrected chi connectivity index (χ1v) is 8.01. The number of hydrogen-bond acceptors (Lipinski definition) is 4. The number of carbonyl (C=O) groups excluding carboxylic acids is 2. The Morgan fingerprint density at radius 2 is 1.82 bits per heavy atom. The van der Waals surface area contributed by atoms with Crippen LogP contribution in [0.1, 0.15) is 12.5 Å². The van der Waals surface area contributed by atoms with Crippen molar-refractivity contribution in [2.45, 2.75) is 13.8 Å². The molecule has 0 fully saturated rings. The van der Waals surface area contributed by atoms with Crippen LogP contribution in [0.15, 0.2) is 24.3 Å². The van der Waals surface area contributed by atoms with Crippen molar-refractivity contribution in [2.24, 2.45) is 0 Å². The lowest BCUT2D eigenvalue weighted by Crippen LogP contribution is -2.36. The second-order valence-corrected chi connectivity index (χ2v) is 5.69. The molecule has 2 N–H and O–H groups in total. The number of nitrogens with one attached hydrogen (secondary N) is 1. The average Bonchev–Trinajstić information content (AvgIpc) is 2.46. The van der Waals surface area contributed by atoms with Crippen molar-refractivity contribution in [1.82, 2.24) is 4.90 Å². The Labute approximate surface area is 133 Å². The topological polar surface area (TPSA) is 86.7 Å². The maximum atomic E-state index is 11.8. The van der Waals surface area contributed by atoms with E-state index in [4.69, 9.17) is 5.11 Å². The number of carboxylic acids is 1. The first-order valence-electron chi connectivity index (χ1n) is 6.86. The molecule has 0 bridgehead atoms. The number of anilines is 1. The summed E-state index contributed by atoms with van der Waals surface area (Å²) in [5.74, 6) is -1.29. The third kappa shape index (κ3) is 6.62. The molecule has 0 heterocycles. The van der Waals surface area contributed by atoms with Crippen LogP contribution in [0.4, 0.5) is 5.69 Å². The fourth-order valence-electron chi connectivity index (χ4n) is 1.70. The van der Waals surface area contributed by atoms with Gasteiger partial charge in [0.15, 0.2) is 0 Å². The first kappa shape index (κ1) is 18.0. The molecule has 0 unspecified atom stereocenters. The summed E-state index contributed by atoms with van der Waals surface area (Å²) in [5, 5.41) is 11.4. The molecular formula is C15H20N2O4S. The van der Waals surface area contributed by atoms with Crippen molar-refractivity contribution in [1.29, 1.82) is 0 Å². The van der Waals surface area contributed by atoms with Gasteiger partial charge in [0.05, 0.1) is 11.5 Å². The van der Waals surface area contributed by atoms with Crippen LogP contribution in [-0.4, -0.2) is 52.4 Å². The van der Waals surface area contributed by atoms with Crippen LogP contribution in [0.3, 0.4) is 0 Å². The predicted octanol–water partition coefficient (Wildman–Crippen LogP) is 1.60. The number of nitrogens with zero attached hydrogens (tertiary/aromatic N) is 1. The number of benzene rings is 1. The van der Waals surface area contributed by atoms with E-state index in [1.807, 2.05) is 31.2 Å². The van der Waals surface area contributed by atoms with Crippen LogP contribution >= 0.6 is 11.8 Å². The number of likely N-dealkylation sites (N-methyl/N-ethyl adjacent to an activating group) is 1. The van der Waals surface area contributed by atoms with Crippen LogP contribution in [0.5, 0.6) is 0 Å². The second-order valence-electron chi connectivity index (χ2n) is 4.71. The van der Waals surface area contributed by atoms with Gasteiger partial charge in [0, 0.05) is 12.2 Å². The van der Waals surface area contributed by atoms with E-state index in [1.54, 1.807) is 6.92 Å². The highest BCUT2D eigenvalue weighted by Gasteiger charge is 2.15. The molecule has 0 aromatic heterocycles. The molecule has 0 saturated carbocycles. The summed E-state index contributed by atoms with van der Waals surface area (Å²) in [6, 6.07) is 7.43. The minimum Gasteiger partial charge on any atom is -0.480 e. The molecule has 0 radical (unpaired) electrons. The van der Waals surface area contributed by atoms with E-state index < -0.39 is 5.97 Å². The molecule has 0 aliphatic heterocycles. The molecule has 0 spiro atoms. The fourth-order valence-corrected chi connectivity index (χ4v) is 2.41. The second kappa shape index (κ2) is 9.09. The summed E-state index contributed by atoms with van der Waals surface area (Å²) in [5.41, 5.74) is 1.82. The number of aliphatic carboxylic acids is 1. The minimum absolute atomic E-state index is 0.0858. The van der Waals surface area contributed by atoms with Gasteiger partial charge < -0.3 is 15.3 Å². The van der Waals surface area contributed by atoms with Crippen molar-refractivity contribution in [3.63, 3.8) is 0 Å². The van der Waals surface area contributed by atoms with Crippen molar-refractivity contribution < 1.29 is 19.5 Å². The van der Waals surface area contributed by atoms with Crippen molar-refractivity contribution in [2.75, 3.05) is 29.9 Å². The Morgan fingerprint density at radius 1 is 1.18 bits per heavy atom. The number of carbonyl (C=O) groups is 3. The quantitative estimate of drug-likeness (QED) is 0.758. The highest BCUT2D eigenvalue weighted by atomic mass is 32.2. The molecule has 0 saturated heterocycles. The van der Waals surface area contributed by atoms with Crippen molar-refractivity contribution in [3.05, 3.63) is 29.8 Å². The van der Waals surface area contributed by atoms with Gasteiger partial charge in [-0.3, -0.25) is 14.4 Å². The predicted molar refractivity (Wildman–Crippen MR) is 87.0 cm³/mol. The molecule has 1 aromatic carbocycles. The fraction of sp³-hybridized carbons (Fsp3) is 0.400. The van der Waals surface area contributed by atoms with Gasteiger partial charge in [0.1, 0.15) is 6.54 Å². The Bertz CT molecular complexity index is 531. The summed E-state index contributed by atoms with van der Waals surface area (Å²) in [6.07, 6.45) is 0. The molecule has 0 aliphatic carbocycles. The normalized spacial score (nSPS) is 10.1. The SMILES string of the molecule is CCN(CC(=O)O)C(=O)CSCC(=O)Nc1ccc(C)cc1. The third-order valence-corrected chi connectivity index (χ3v) is 3.77. The van der Waals surface area contributed by atoms with Gasteiger partial charge >= 0.3 is 5.97 Å². The highest BCUT2D eigenvalue weighted by molar-refractivity contribution is 8.00. The molecule has 120 valence electrons. The summed E-state index contributed by atoms with van der Waals surface area (Å²) in [4.78, 5) is 35.4. The summed E-state index contributed by atoms with van der Waals surface area (Å²) < 4.78 is 0. The van der Waals surface area contributed by atoms with Crippen molar-refractivity contribution >= 4 is 35.2 Å². The smallest absolute Gasteiger partial charge is 0.323 e. The molecule has 1 rings (SSSR count). The summed E-state index contributed by atoms with van der Waals surface area (Å²) in [7, 11) is 0. The van der Waals surface area contributed by atoms with E-state index in [0.29, 0.717) is 12.2 Å². The Kier molecular flexibility index (Phi) is 7.45. The number of rotatable bonds is 8. The first-order chi connectivity index (χ1) is 10.4. The van der Waals surface area contributed by atoms with Crippen LogP contribution < -0.4 is 5.32 Å². The van der Waals surface area contributed by atoms with E-state index >= 15 is 0 Å². The zero-order valence-corrected chi connectivity index (χ0v) is 13.5. The van der Waals surface area contributed by atoms with Crippen LogP contribution in [0, 0.1) is 6.92 Å². The Hall–Kier alpha value is -2.02. The van der Waals surface area contributed by atoms with Gasteiger partial charge in [0.25, 0.3) is 0 Å². The van der Waals surface area contributed by atoms with Gasteiger partial charge in [-0.25, -0.2) is 0 Å². The van der Waals surface area contributed by atoms with Gasteiger partial charge in [0.2, 0.25) is 11.8 Å². The Morgan fingerprint density at radius 3 is 2.36 bits per heavy atom. The van der Waals surface area contributed by atoms with E-state index in [0.717, 1.165) is 5.56 Å². The van der Waals surface area contributed by atoms with E-state index in [9.17, 15) is 14.4 Å². The van der Waals surface area contributed by atoms with Gasteiger partial charge in [-0.2, -0.15) is 0 Å². The van der Waals surface area contributed by atoms with Gasteiger partial charge in [-0.1, -0.05) is 17.7 Å². The summed E-state index contributed by atoms with van der Waals surface area (Å²) in [6.45, 7) is 3.70. The average molecular weight is 324 g/mol. The molecule has 2 amide bonds. The van der Waals surface area contributed by atoms with Crippen LogP contribution in [-0.2, 0) is 14.4 Å². The maximum absolute atomic E-state index is 11.8. The zero-order chi connectivity index (χ0) is 16.5. The number of thioether (sulfide) groups is 1. The zero-order valence-electron chi connectivity index (χ0n) is 12.7. The van der Waals surface area contributed by atoms with Crippen LogP contribution in [0.2, 0.25) is 0 Å². The largest absolute Gasteiger partial charge is 0.480 e. The lowest BCUT2D eigenvalue weighted by Gasteiger charge is -2.18. The van der Waals surface area contributed by atoms with E-state index in [2.05, 4.69) is 5.32 Å². The van der Waals surface area contributed by atoms with Gasteiger partial charge in [-0.15, -0.1) is 11.8 Å². The van der Waals surface area contributed by atoms with Crippen LogP contribution in [0.25, 0.3) is 0 Å². The maximum Gasteiger partial charge on any atom is 0.323 e. The third-order valence-electron chi connectivity index (χ3n) is 2.85. The molecule has 7 heteroatoms. The lowest BCUT2D eigenvalue weighted by molar-refractivity contribution is -0.143. The lowest BCUT2D eigenvalue weighted by atomic mass is 10.2. The standard InChI is InChI=1S/C15H20N2O4S/c1-3-17(8-15(20)21)14(19)10-22-9-13(18)16-12-6-4-11(2)5-7-12/h4-7H,3,8-10H2,1-2H3,(H,16,18)(H,20,21). The Balaban J connectivity index is 2.33. The molecule has 6 nitrogen and oxygen atoms in total. The van der Waals surface area contributed by atoms with E-state index in [1.165, 1.54) is 16.7 Å². The number of aryl methyl sites for hydroxylation is 1.